The highest BCUT2D eigenvalue weighted by molar-refractivity contribution is 9.10. The minimum Gasteiger partial charge on any atom is -0.338 e. The minimum absolute atomic E-state index is 0.174. The van der Waals surface area contributed by atoms with Gasteiger partial charge < -0.3 is 4.90 Å². The molecular weight excluding hydrogens is 290 g/mol. The lowest BCUT2D eigenvalue weighted by Crippen LogP contribution is -2.42. The van der Waals surface area contributed by atoms with Gasteiger partial charge in [-0.2, -0.15) is 0 Å². The second-order valence-corrected chi connectivity index (χ2v) is 6.37. The summed E-state index contributed by atoms with van der Waals surface area (Å²) < 4.78 is 0.967. The van der Waals surface area contributed by atoms with E-state index in [4.69, 9.17) is 0 Å². The van der Waals surface area contributed by atoms with Crippen LogP contribution in [0.3, 0.4) is 0 Å². The van der Waals surface area contributed by atoms with Crippen molar-refractivity contribution < 1.29 is 4.79 Å². The molecule has 0 aliphatic carbocycles. The van der Waals surface area contributed by atoms with Gasteiger partial charge in [0.25, 0.3) is 5.91 Å². The van der Waals surface area contributed by atoms with E-state index in [9.17, 15) is 4.79 Å². The Labute approximate surface area is 117 Å². The monoisotopic (exact) mass is 309 g/mol. The van der Waals surface area contributed by atoms with E-state index in [1.54, 1.807) is 0 Å². The van der Waals surface area contributed by atoms with E-state index in [-0.39, 0.29) is 5.91 Å². The van der Waals surface area contributed by atoms with Crippen LogP contribution in [0.4, 0.5) is 0 Å². The molecule has 1 saturated heterocycles. The molecule has 0 bridgehead atoms. The van der Waals surface area contributed by atoms with Crippen LogP contribution in [0.5, 0.6) is 0 Å². The van der Waals surface area contributed by atoms with Gasteiger partial charge in [-0.1, -0.05) is 35.8 Å². The third-order valence-corrected chi connectivity index (χ3v) is 4.54. The van der Waals surface area contributed by atoms with Crippen molar-refractivity contribution in [2.24, 2.45) is 11.8 Å². The van der Waals surface area contributed by atoms with Gasteiger partial charge >= 0.3 is 0 Å². The zero-order valence-corrected chi connectivity index (χ0v) is 12.8. The number of rotatable bonds is 1. The Kier molecular flexibility index (Phi) is 4.10. The van der Waals surface area contributed by atoms with E-state index < -0.39 is 0 Å². The van der Waals surface area contributed by atoms with Crippen LogP contribution >= 0.6 is 15.9 Å². The predicted molar refractivity (Wildman–Crippen MR) is 77.7 cm³/mol. The zero-order valence-electron chi connectivity index (χ0n) is 11.2. The number of carbonyl (C=O) groups excluding carboxylic acids is 1. The number of hydrogen-bond donors (Lipinski definition) is 0. The first-order valence-electron chi connectivity index (χ1n) is 6.54. The molecule has 0 saturated carbocycles. The van der Waals surface area contributed by atoms with Gasteiger partial charge in [-0.3, -0.25) is 4.79 Å². The molecule has 3 heteroatoms. The smallest absolute Gasteiger partial charge is 0.254 e. The molecule has 0 N–H and O–H groups in total. The molecule has 0 spiro atoms. The zero-order chi connectivity index (χ0) is 13.3. The standard InChI is InChI=1S/C15H20BrNO/c1-10-6-7-17(9-12(10)3)15(18)14-8-13(16)5-4-11(14)2/h4-5,8,10,12H,6-7,9H2,1-3H3. The van der Waals surface area contributed by atoms with Crippen LogP contribution in [0.2, 0.25) is 0 Å². The number of benzene rings is 1. The fourth-order valence-electron chi connectivity index (χ4n) is 2.44. The summed E-state index contributed by atoms with van der Waals surface area (Å²) in [7, 11) is 0. The van der Waals surface area contributed by atoms with Crippen molar-refractivity contribution in [3.8, 4) is 0 Å². The Morgan fingerprint density at radius 2 is 2.06 bits per heavy atom. The summed E-state index contributed by atoms with van der Waals surface area (Å²) in [6.45, 7) is 8.27. The number of nitrogens with zero attached hydrogens (tertiary/aromatic N) is 1. The highest BCUT2D eigenvalue weighted by atomic mass is 79.9. The summed E-state index contributed by atoms with van der Waals surface area (Å²) in [4.78, 5) is 14.5. The van der Waals surface area contributed by atoms with Gasteiger partial charge in [-0.25, -0.2) is 0 Å². The fraction of sp³-hybridized carbons (Fsp3) is 0.533. The second kappa shape index (κ2) is 5.43. The van der Waals surface area contributed by atoms with Crippen molar-refractivity contribution in [3.63, 3.8) is 0 Å². The van der Waals surface area contributed by atoms with Crippen LogP contribution in [0.25, 0.3) is 0 Å². The third-order valence-electron chi connectivity index (χ3n) is 4.05. The Hall–Kier alpha value is -0.830. The molecular formula is C15H20BrNO. The van der Waals surface area contributed by atoms with Gasteiger partial charge in [-0.15, -0.1) is 0 Å². The van der Waals surface area contributed by atoms with Gasteiger partial charge in [0.1, 0.15) is 0 Å². The predicted octanol–water partition coefficient (Wildman–Crippen LogP) is 3.88. The Bertz CT molecular complexity index is 458. The highest BCUT2D eigenvalue weighted by Crippen LogP contribution is 2.25. The molecule has 0 radical (unpaired) electrons. The number of piperidine rings is 1. The van der Waals surface area contributed by atoms with E-state index in [1.807, 2.05) is 30.0 Å². The van der Waals surface area contributed by atoms with E-state index in [2.05, 4.69) is 29.8 Å². The first-order chi connectivity index (χ1) is 8.49. The number of amides is 1. The molecule has 98 valence electrons. The summed E-state index contributed by atoms with van der Waals surface area (Å²) >= 11 is 3.44. The normalized spacial score (nSPS) is 24.1. The average Bonchev–Trinajstić information content (AvgIpc) is 2.35. The molecule has 2 nitrogen and oxygen atoms in total. The Morgan fingerprint density at radius 1 is 1.33 bits per heavy atom. The summed E-state index contributed by atoms with van der Waals surface area (Å²) in [5.74, 6) is 1.49. The molecule has 0 aromatic heterocycles. The largest absolute Gasteiger partial charge is 0.338 e. The summed E-state index contributed by atoms with van der Waals surface area (Å²) in [6.07, 6.45) is 1.11. The lowest BCUT2D eigenvalue weighted by atomic mass is 9.88. The average molecular weight is 310 g/mol. The van der Waals surface area contributed by atoms with E-state index in [0.717, 1.165) is 41.0 Å². The maximum absolute atomic E-state index is 12.5. The number of hydrogen-bond acceptors (Lipinski definition) is 1. The third kappa shape index (κ3) is 2.77. The summed E-state index contributed by atoms with van der Waals surface area (Å²) in [5.41, 5.74) is 1.88. The maximum atomic E-state index is 12.5. The van der Waals surface area contributed by atoms with Gasteiger partial charge in [0, 0.05) is 23.1 Å². The second-order valence-electron chi connectivity index (χ2n) is 5.45. The molecule has 1 aliphatic heterocycles. The van der Waals surface area contributed by atoms with Gasteiger partial charge in [-0.05, 0) is 42.9 Å². The molecule has 2 atom stereocenters. The van der Waals surface area contributed by atoms with Gasteiger partial charge in [0.15, 0.2) is 0 Å². The molecule has 1 amide bonds. The molecule has 2 unspecified atom stereocenters. The van der Waals surface area contributed by atoms with Crippen LogP contribution < -0.4 is 0 Å². The minimum atomic E-state index is 0.174. The first-order valence-corrected chi connectivity index (χ1v) is 7.33. The molecule has 18 heavy (non-hydrogen) atoms. The van der Waals surface area contributed by atoms with Crippen LogP contribution in [0.1, 0.15) is 36.2 Å². The SMILES string of the molecule is Cc1ccc(Br)cc1C(=O)N1CCC(C)C(C)C1. The first kappa shape index (κ1) is 13.6. The topological polar surface area (TPSA) is 20.3 Å². The van der Waals surface area contributed by atoms with Crippen LogP contribution in [0, 0.1) is 18.8 Å². The van der Waals surface area contributed by atoms with E-state index in [1.165, 1.54) is 0 Å². The molecule has 1 aromatic rings. The maximum Gasteiger partial charge on any atom is 0.254 e. The van der Waals surface area contributed by atoms with Crippen LogP contribution in [0.15, 0.2) is 22.7 Å². The molecule has 1 heterocycles. The van der Waals surface area contributed by atoms with Crippen LogP contribution in [-0.2, 0) is 0 Å². The molecule has 1 fully saturated rings. The van der Waals surface area contributed by atoms with Crippen molar-refractivity contribution >= 4 is 21.8 Å². The van der Waals surface area contributed by atoms with Crippen LogP contribution in [-0.4, -0.2) is 23.9 Å². The number of carbonyl (C=O) groups is 1. The van der Waals surface area contributed by atoms with Gasteiger partial charge in [0.2, 0.25) is 0 Å². The van der Waals surface area contributed by atoms with E-state index >= 15 is 0 Å². The lowest BCUT2D eigenvalue weighted by molar-refractivity contribution is 0.0626. The van der Waals surface area contributed by atoms with Crippen molar-refractivity contribution in [3.05, 3.63) is 33.8 Å². The van der Waals surface area contributed by atoms with Gasteiger partial charge in [0.05, 0.1) is 0 Å². The quantitative estimate of drug-likeness (QED) is 0.771. The van der Waals surface area contributed by atoms with Crippen molar-refractivity contribution in [2.75, 3.05) is 13.1 Å². The summed E-state index contributed by atoms with van der Waals surface area (Å²) in [5, 5.41) is 0. The number of halogens is 1. The number of likely N-dealkylation sites (tertiary alicyclic amines) is 1. The molecule has 2 rings (SSSR count). The Balaban J connectivity index is 2.19. The fourth-order valence-corrected chi connectivity index (χ4v) is 2.80. The molecule has 1 aromatic carbocycles. The number of aryl methyl sites for hydroxylation is 1. The van der Waals surface area contributed by atoms with Crippen molar-refractivity contribution in [1.82, 2.24) is 4.90 Å². The lowest BCUT2D eigenvalue weighted by Gasteiger charge is -2.35. The van der Waals surface area contributed by atoms with E-state index in [0.29, 0.717) is 5.92 Å². The molecule has 1 aliphatic rings. The Morgan fingerprint density at radius 3 is 2.72 bits per heavy atom. The summed E-state index contributed by atoms with van der Waals surface area (Å²) in [6, 6.07) is 5.90. The van der Waals surface area contributed by atoms with Crippen molar-refractivity contribution in [2.45, 2.75) is 27.2 Å². The van der Waals surface area contributed by atoms with Crippen molar-refractivity contribution in [1.29, 1.82) is 0 Å². The highest BCUT2D eigenvalue weighted by Gasteiger charge is 2.27.